The van der Waals surface area contributed by atoms with Crippen LogP contribution in [0.15, 0.2) is 83.8 Å². The third-order valence-electron chi connectivity index (χ3n) is 6.33. The van der Waals surface area contributed by atoms with Gasteiger partial charge >= 0.3 is 0 Å². The van der Waals surface area contributed by atoms with Gasteiger partial charge in [-0.3, -0.25) is 13.9 Å². The van der Waals surface area contributed by atoms with Crippen molar-refractivity contribution in [3.8, 4) is 0 Å². The molecule has 208 valence electrons. The predicted octanol–water partition coefficient (Wildman–Crippen LogP) is 5.91. The van der Waals surface area contributed by atoms with E-state index in [1.807, 2.05) is 51.1 Å². The molecule has 1 N–H and O–H groups in total. The minimum atomic E-state index is -4.20. The van der Waals surface area contributed by atoms with E-state index in [-0.39, 0.29) is 39.1 Å². The summed E-state index contributed by atoms with van der Waals surface area (Å²) in [5, 5.41) is 3.40. The minimum Gasteiger partial charge on any atom is -0.352 e. The van der Waals surface area contributed by atoms with Crippen LogP contribution < -0.4 is 9.62 Å². The molecule has 0 aliphatic rings. The number of benzene rings is 3. The van der Waals surface area contributed by atoms with Crippen LogP contribution in [-0.2, 0) is 26.2 Å². The second-order valence-corrected chi connectivity index (χ2v) is 11.9. The van der Waals surface area contributed by atoms with Gasteiger partial charge in [0, 0.05) is 22.6 Å². The van der Waals surface area contributed by atoms with E-state index in [1.165, 1.54) is 35.2 Å². The Morgan fingerprint density at radius 1 is 0.872 bits per heavy atom. The molecule has 2 atom stereocenters. The monoisotopic (exact) mass is 589 g/mol. The molecule has 2 amide bonds. The van der Waals surface area contributed by atoms with Crippen molar-refractivity contribution < 1.29 is 18.0 Å². The zero-order valence-corrected chi connectivity index (χ0v) is 24.5. The second-order valence-electron chi connectivity index (χ2n) is 9.20. The Kier molecular flexibility index (Phi) is 10.8. The summed E-state index contributed by atoms with van der Waals surface area (Å²) in [5.74, 6) is -0.833. The highest BCUT2D eigenvalue weighted by atomic mass is 35.5. The highest BCUT2D eigenvalue weighted by molar-refractivity contribution is 7.92. The van der Waals surface area contributed by atoms with Crippen molar-refractivity contribution in [1.29, 1.82) is 0 Å². The number of hydrogen-bond acceptors (Lipinski definition) is 4. The SMILES string of the molecule is CC[C@H](C)NC(=O)[C@H](CC)N(Cc1ccccc1)C(=O)CN(c1cc(Cl)cc(Cl)c1)S(=O)(=O)c1ccccc1. The topological polar surface area (TPSA) is 86.8 Å². The molecule has 3 rings (SSSR count). The number of nitrogens with one attached hydrogen (secondary N) is 1. The van der Waals surface area contributed by atoms with E-state index in [4.69, 9.17) is 23.2 Å². The highest BCUT2D eigenvalue weighted by Gasteiger charge is 2.34. The summed E-state index contributed by atoms with van der Waals surface area (Å²) in [4.78, 5) is 28.7. The van der Waals surface area contributed by atoms with Crippen LogP contribution in [0, 0.1) is 0 Å². The number of amides is 2. The van der Waals surface area contributed by atoms with Gasteiger partial charge in [-0.2, -0.15) is 0 Å². The molecule has 0 heterocycles. The van der Waals surface area contributed by atoms with E-state index < -0.39 is 28.5 Å². The van der Waals surface area contributed by atoms with Crippen LogP contribution in [-0.4, -0.2) is 43.8 Å². The van der Waals surface area contributed by atoms with Crippen molar-refractivity contribution in [1.82, 2.24) is 10.2 Å². The average molecular weight is 591 g/mol. The van der Waals surface area contributed by atoms with Crippen LogP contribution >= 0.6 is 23.2 Å². The van der Waals surface area contributed by atoms with Crippen LogP contribution in [0.3, 0.4) is 0 Å². The number of sulfonamides is 1. The van der Waals surface area contributed by atoms with E-state index in [2.05, 4.69) is 5.32 Å². The van der Waals surface area contributed by atoms with E-state index in [1.54, 1.807) is 18.2 Å². The van der Waals surface area contributed by atoms with Gasteiger partial charge in [0.25, 0.3) is 10.0 Å². The van der Waals surface area contributed by atoms with Gasteiger partial charge in [-0.25, -0.2) is 8.42 Å². The van der Waals surface area contributed by atoms with Crippen molar-refractivity contribution in [2.24, 2.45) is 0 Å². The predicted molar refractivity (Wildman–Crippen MR) is 156 cm³/mol. The lowest BCUT2D eigenvalue weighted by atomic mass is 10.1. The first-order valence-electron chi connectivity index (χ1n) is 12.7. The maximum Gasteiger partial charge on any atom is 0.264 e. The number of halogens is 2. The maximum absolute atomic E-state index is 14.0. The van der Waals surface area contributed by atoms with E-state index in [0.717, 1.165) is 16.3 Å². The zero-order valence-electron chi connectivity index (χ0n) is 22.2. The molecule has 0 bridgehead atoms. The van der Waals surface area contributed by atoms with Crippen LogP contribution in [0.1, 0.15) is 39.2 Å². The van der Waals surface area contributed by atoms with Gasteiger partial charge in [0.05, 0.1) is 10.6 Å². The first kappa shape index (κ1) is 30.5. The zero-order chi connectivity index (χ0) is 28.6. The number of nitrogens with zero attached hydrogens (tertiary/aromatic N) is 2. The smallest absolute Gasteiger partial charge is 0.264 e. The fourth-order valence-electron chi connectivity index (χ4n) is 4.07. The van der Waals surface area contributed by atoms with Crippen molar-refractivity contribution >= 4 is 50.7 Å². The lowest BCUT2D eigenvalue weighted by Crippen LogP contribution is -2.53. The summed E-state index contributed by atoms with van der Waals surface area (Å²) in [7, 11) is -4.20. The first-order chi connectivity index (χ1) is 18.6. The Morgan fingerprint density at radius 3 is 1.97 bits per heavy atom. The van der Waals surface area contributed by atoms with Gasteiger partial charge in [0.2, 0.25) is 11.8 Å². The second kappa shape index (κ2) is 13.8. The van der Waals surface area contributed by atoms with E-state index in [0.29, 0.717) is 6.42 Å². The van der Waals surface area contributed by atoms with Gasteiger partial charge in [-0.1, -0.05) is 85.6 Å². The van der Waals surface area contributed by atoms with E-state index in [9.17, 15) is 18.0 Å². The molecule has 0 radical (unpaired) electrons. The molecule has 0 spiro atoms. The first-order valence-corrected chi connectivity index (χ1v) is 14.9. The molecule has 7 nitrogen and oxygen atoms in total. The van der Waals surface area contributed by atoms with Crippen LogP contribution in [0.25, 0.3) is 0 Å². The molecule has 0 aliphatic carbocycles. The molecule has 10 heteroatoms. The summed E-state index contributed by atoms with van der Waals surface area (Å²) in [6, 6.07) is 20.6. The summed E-state index contributed by atoms with van der Waals surface area (Å²) < 4.78 is 28.6. The standard InChI is InChI=1S/C29H33Cl2N3O4S/c1-4-21(3)32-29(36)27(5-2)33(19-22-12-8-6-9-13-22)28(35)20-34(25-17-23(30)16-24(31)18-25)39(37,38)26-14-10-7-11-15-26/h6-18,21,27H,4-5,19-20H2,1-3H3,(H,32,36)/t21-,27-/m0/s1. The normalized spacial score (nSPS) is 12.8. The molecule has 0 saturated carbocycles. The summed E-state index contributed by atoms with van der Waals surface area (Å²) >= 11 is 12.4. The Labute approximate surface area is 240 Å². The van der Waals surface area contributed by atoms with Gasteiger partial charge in [-0.15, -0.1) is 0 Å². The number of rotatable bonds is 12. The van der Waals surface area contributed by atoms with Gasteiger partial charge < -0.3 is 10.2 Å². The van der Waals surface area contributed by atoms with Crippen molar-refractivity contribution in [2.75, 3.05) is 10.8 Å². The minimum absolute atomic E-state index is 0.00469. The molecule has 0 fully saturated rings. The van der Waals surface area contributed by atoms with Crippen LogP contribution in [0.2, 0.25) is 10.0 Å². The highest BCUT2D eigenvalue weighted by Crippen LogP contribution is 2.30. The molecule has 0 aromatic heterocycles. The Hall–Kier alpha value is -3.07. The fourth-order valence-corrected chi connectivity index (χ4v) is 6.01. The molecule has 39 heavy (non-hydrogen) atoms. The largest absolute Gasteiger partial charge is 0.352 e. The third kappa shape index (κ3) is 7.97. The molecular formula is C29H33Cl2N3O4S. The molecular weight excluding hydrogens is 557 g/mol. The number of carbonyl (C=O) groups excluding carboxylic acids is 2. The lowest BCUT2D eigenvalue weighted by Gasteiger charge is -2.33. The van der Waals surface area contributed by atoms with Crippen LogP contribution in [0.5, 0.6) is 0 Å². The average Bonchev–Trinajstić information content (AvgIpc) is 2.91. The Balaban J connectivity index is 2.06. The lowest BCUT2D eigenvalue weighted by molar-refractivity contribution is -0.140. The van der Waals surface area contributed by atoms with Gasteiger partial charge in [0.15, 0.2) is 0 Å². The molecule has 0 aliphatic heterocycles. The Bertz CT molecular complexity index is 1350. The molecule has 0 unspecified atom stereocenters. The molecule has 0 saturated heterocycles. The maximum atomic E-state index is 14.0. The van der Waals surface area contributed by atoms with Crippen molar-refractivity contribution in [3.63, 3.8) is 0 Å². The summed E-state index contributed by atoms with van der Waals surface area (Å²) in [6.07, 6.45) is 1.07. The van der Waals surface area contributed by atoms with Gasteiger partial charge in [-0.05, 0) is 55.7 Å². The third-order valence-corrected chi connectivity index (χ3v) is 8.55. The number of hydrogen-bond donors (Lipinski definition) is 1. The quantitative estimate of drug-likeness (QED) is 0.284. The fraction of sp³-hybridized carbons (Fsp3) is 0.310. The van der Waals surface area contributed by atoms with E-state index >= 15 is 0 Å². The number of carbonyl (C=O) groups is 2. The van der Waals surface area contributed by atoms with Gasteiger partial charge in [0.1, 0.15) is 12.6 Å². The summed E-state index contributed by atoms with van der Waals surface area (Å²) in [6.45, 7) is 5.24. The van der Waals surface area contributed by atoms with Crippen molar-refractivity contribution in [2.45, 2.75) is 57.1 Å². The molecule has 3 aromatic carbocycles. The summed E-state index contributed by atoms with van der Waals surface area (Å²) in [5.41, 5.74) is 0.949. The number of anilines is 1. The Morgan fingerprint density at radius 2 is 1.44 bits per heavy atom. The van der Waals surface area contributed by atoms with Crippen LogP contribution in [0.4, 0.5) is 5.69 Å². The molecule has 3 aromatic rings. The van der Waals surface area contributed by atoms with Crippen molar-refractivity contribution in [3.05, 3.63) is 94.5 Å².